The predicted molar refractivity (Wildman–Crippen MR) is 156 cm³/mol. The van der Waals surface area contributed by atoms with Gasteiger partial charge < -0.3 is 38.9 Å². The highest BCUT2D eigenvalue weighted by Gasteiger charge is 2.31. The van der Waals surface area contributed by atoms with Crippen molar-refractivity contribution in [2.75, 3.05) is 13.6 Å². The summed E-state index contributed by atoms with van der Waals surface area (Å²) in [6.07, 6.45) is 1.27. The van der Waals surface area contributed by atoms with Gasteiger partial charge in [0.2, 0.25) is 23.6 Å². The molecule has 0 aliphatic rings. The minimum absolute atomic E-state index is 0.0470. The van der Waals surface area contributed by atoms with E-state index in [0.29, 0.717) is 24.0 Å². The van der Waals surface area contributed by atoms with Crippen LogP contribution in [-0.2, 0) is 32.0 Å². The molecule has 0 aliphatic heterocycles. The molecule has 0 saturated heterocycles. The fourth-order valence-corrected chi connectivity index (χ4v) is 4.09. The van der Waals surface area contributed by atoms with Gasteiger partial charge in [-0.2, -0.15) is 0 Å². The first-order chi connectivity index (χ1) is 19.5. The molecule has 0 spiro atoms. The lowest BCUT2D eigenvalue weighted by Crippen LogP contribution is -2.55. The Hall–Kier alpha value is -4.94. The minimum atomic E-state index is -1.15. The Bertz CT molecular complexity index is 1230. The Balaban J connectivity index is 2.22. The number of aryl methyl sites for hydroxylation is 1. The zero-order valence-corrected chi connectivity index (χ0v) is 23.1. The number of nitrogens with one attached hydrogen (secondary N) is 4. The molecule has 2 rings (SSSR count). The van der Waals surface area contributed by atoms with Crippen molar-refractivity contribution in [3.8, 4) is 0 Å². The molecule has 41 heavy (non-hydrogen) atoms. The number of carbonyl (C=O) groups is 4. The lowest BCUT2D eigenvalue weighted by Gasteiger charge is -2.24. The van der Waals surface area contributed by atoms with E-state index in [1.54, 1.807) is 24.3 Å². The van der Waals surface area contributed by atoms with Gasteiger partial charge in [0, 0.05) is 19.2 Å². The molecule has 0 fully saturated rings. The molecule has 220 valence electrons. The summed E-state index contributed by atoms with van der Waals surface area (Å²) in [5.41, 5.74) is 23.8. The molecule has 2 unspecified atom stereocenters. The predicted octanol–water partition coefficient (Wildman–Crippen LogP) is -0.983. The molecule has 13 nitrogen and oxygen atoms in total. The third-order valence-corrected chi connectivity index (χ3v) is 6.39. The summed E-state index contributed by atoms with van der Waals surface area (Å²) in [6, 6.07) is 13.9. The zero-order valence-electron chi connectivity index (χ0n) is 23.1. The quantitative estimate of drug-likeness (QED) is 0.0546. The lowest BCUT2D eigenvalue weighted by atomic mass is 9.95. The molecule has 0 heterocycles. The molecule has 0 saturated carbocycles. The van der Waals surface area contributed by atoms with Crippen LogP contribution in [0.3, 0.4) is 0 Å². The number of carbonyl (C=O) groups excluding carboxylic acids is 4. The first-order valence-corrected chi connectivity index (χ1v) is 13.2. The van der Waals surface area contributed by atoms with Crippen molar-refractivity contribution in [1.82, 2.24) is 16.0 Å². The van der Waals surface area contributed by atoms with Crippen molar-refractivity contribution >= 4 is 35.4 Å². The van der Waals surface area contributed by atoms with E-state index in [1.807, 2.05) is 30.3 Å². The number of nitrogen functional groups attached to an aromatic ring is 1. The van der Waals surface area contributed by atoms with Crippen LogP contribution in [-0.4, -0.2) is 61.1 Å². The van der Waals surface area contributed by atoms with E-state index in [9.17, 15) is 19.2 Å². The number of nitrogens with zero attached hydrogens (tertiary/aromatic N) is 1. The fourth-order valence-electron chi connectivity index (χ4n) is 4.09. The van der Waals surface area contributed by atoms with Crippen LogP contribution in [0.1, 0.15) is 36.0 Å². The molecule has 13 heteroatoms. The first-order valence-electron chi connectivity index (χ1n) is 13.2. The standard InChI is InChI=1S/C28H39N9O4/c1-34-25(39)20(16-18-9-12-19(13-10-18)23(29)30)26(40)37-22(14-11-17-6-3-2-4-7-17)27(41)36-21(24(31)38)8-5-15-35-28(32)33/h2-4,6-7,9-10,12-13,20-22H,5,8,11,14-16H2,1H3,(H3,29,30)(H2,31,38)(H,34,39)(H,36,41)(H,37,40)(H4,32,33,35)/t20?,21-,22?/m0/s1. The first kappa shape index (κ1) is 32.3. The van der Waals surface area contributed by atoms with Gasteiger partial charge in [0.25, 0.3) is 0 Å². The number of guanidine groups is 1. The maximum Gasteiger partial charge on any atom is 0.243 e. The number of nitrogens with two attached hydrogens (primary N) is 4. The van der Waals surface area contributed by atoms with E-state index < -0.39 is 41.6 Å². The molecule has 0 aromatic heterocycles. The van der Waals surface area contributed by atoms with Crippen molar-refractivity contribution < 1.29 is 19.2 Å². The highest BCUT2D eigenvalue weighted by atomic mass is 16.2. The van der Waals surface area contributed by atoms with Gasteiger partial charge in [-0.1, -0.05) is 54.6 Å². The van der Waals surface area contributed by atoms with Crippen LogP contribution >= 0.6 is 0 Å². The second kappa shape index (κ2) is 16.2. The summed E-state index contributed by atoms with van der Waals surface area (Å²) >= 11 is 0. The van der Waals surface area contributed by atoms with Gasteiger partial charge in [-0.05, 0) is 43.2 Å². The smallest absolute Gasteiger partial charge is 0.243 e. The zero-order chi connectivity index (χ0) is 30.4. The van der Waals surface area contributed by atoms with Gasteiger partial charge >= 0.3 is 0 Å². The topological polar surface area (TPSA) is 245 Å². The molecule has 0 bridgehead atoms. The van der Waals surface area contributed by atoms with E-state index >= 15 is 0 Å². The summed E-state index contributed by atoms with van der Waals surface area (Å²) in [5.74, 6) is -3.88. The highest BCUT2D eigenvalue weighted by Crippen LogP contribution is 2.13. The van der Waals surface area contributed by atoms with E-state index in [1.165, 1.54) is 7.05 Å². The Morgan fingerprint density at radius 2 is 1.44 bits per heavy atom. The number of aliphatic imine (C=N–C) groups is 1. The number of benzene rings is 2. The van der Waals surface area contributed by atoms with Gasteiger partial charge in [0.1, 0.15) is 23.8 Å². The second-order valence-corrected chi connectivity index (χ2v) is 9.48. The Kier molecular flexibility index (Phi) is 12.8. The SMILES string of the molecule is CNC(=O)C(Cc1ccc(C(=N)N)cc1)C(=O)NC(CCc1ccccc1)C(=O)N[C@@H](CCCN=C(N)N)C(N)=O. The van der Waals surface area contributed by atoms with Crippen molar-refractivity contribution in [1.29, 1.82) is 5.41 Å². The van der Waals surface area contributed by atoms with Gasteiger partial charge in [0.05, 0.1) is 0 Å². The van der Waals surface area contributed by atoms with Crippen molar-refractivity contribution in [2.24, 2.45) is 33.8 Å². The summed E-state index contributed by atoms with van der Waals surface area (Å²) in [6.45, 7) is 0.247. The molecule has 3 atom stereocenters. The molecule has 12 N–H and O–H groups in total. The van der Waals surface area contributed by atoms with Crippen LogP contribution < -0.4 is 38.9 Å². The Morgan fingerprint density at radius 1 is 0.805 bits per heavy atom. The summed E-state index contributed by atoms with van der Waals surface area (Å²) in [7, 11) is 1.42. The molecule has 2 aromatic carbocycles. The number of rotatable bonds is 16. The monoisotopic (exact) mass is 565 g/mol. The van der Waals surface area contributed by atoms with Crippen molar-refractivity contribution in [2.45, 2.75) is 44.2 Å². The number of primary amides is 1. The minimum Gasteiger partial charge on any atom is -0.384 e. The van der Waals surface area contributed by atoms with Gasteiger partial charge in [0.15, 0.2) is 5.96 Å². The molecule has 0 aliphatic carbocycles. The van der Waals surface area contributed by atoms with Gasteiger partial charge in [-0.25, -0.2) is 0 Å². The number of amidine groups is 1. The molecule has 2 aromatic rings. The normalized spacial score (nSPS) is 12.7. The summed E-state index contributed by atoms with van der Waals surface area (Å²) in [5, 5.41) is 15.4. The second-order valence-electron chi connectivity index (χ2n) is 9.48. The van der Waals surface area contributed by atoms with Crippen molar-refractivity contribution in [3.63, 3.8) is 0 Å². The molecular formula is C28H39N9O4. The van der Waals surface area contributed by atoms with E-state index in [2.05, 4.69) is 20.9 Å². The van der Waals surface area contributed by atoms with Crippen LogP contribution in [0.4, 0.5) is 0 Å². The van der Waals surface area contributed by atoms with Crippen LogP contribution in [0.15, 0.2) is 59.6 Å². The highest BCUT2D eigenvalue weighted by molar-refractivity contribution is 6.02. The van der Waals surface area contributed by atoms with E-state index in [4.69, 9.17) is 28.3 Å². The Labute approximate surface area is 239 Å². The van der Waals surface area contributed by atoms with Crippen LogP contribution in [0, 0.1) is 11.3 Å². The summed E-state index contributed by atoms with van der Waals surface area (Å²) < 4.78 is 0. The number of hydrogen-bond donors (Lipinski definition) is 8. The lowest BCUT2D eigenvalue weighted by molar-refractivity contribution is -0.137. The van der Waals surface area contributed by atoms with Crippen LogP contribution in [0.5, 0.6) is 0 Å². The largest absolute Gasteiger partial charge is 0.384 e. The van der Waals surface area contributed by atoms with Crippen molar-refractivity contribution in [3.05, 3.63) is 71.3 Å². The maximum absolute atomic E-state index is 13.4. The molecule has 4 amide bonds. The average Bonchev–Trinajstić information content (AvgIpc) is 2.95. The average molecular weight is 566 g/mol. The Morgan fingerprint density at radius 3 is 2.00 bits per heavy atom. The van der Waals surface area contributed by atoms with E-state index in [-0.39, 0.29) is 37.6 Å². The van der Waals surface area contributed by atoms with E-state index in [0.717, 1.165) is 5.56 Å². The fraction of sp³-hybridized carbons (Fsp3) is 0.357. The molecular weight excluding hydrogens is 526 g/mol. The molecule has 0 radical (unpaired) electrons. The number of amides is 4. The third kappa shape index (κ3) is 11.0. The van der Waals surface area contributed by atoms with Crippen LogP contribution in [0.2, 0.25) is 0 Å². The summed E-state index contributed by atoms with van der Waals surface area (Å²) in [4.78, 5) is 55.4. The van der Waals surface area contributed by atoms with Gasteiger partial charge in [-0.15, -0.1) is 0 Å². The van der Waals surface area contributed by atoms with Crippen LogP contribution in [0.25, 0.3) is 0 Å². The number of hydrogen-bond acceptors (Lipinski definition) is 6. The van der Waals surface area contributed by atoms with Gasteiger partial charge in [-0.3, -0.25) is 29.6 Å². The maximum atomic E-state index is 13.4. The third-order valence-electron chi connectivity index (χ3n) is 6.39.